The van der Waals surface area contributed by atoms with E-state index in [1.807, 2.05) is 29.2 Å². The summed E-state index contributed by atoms with van der Waals surface area (Å²) in [7, 11) is 1.73. The Hall–Kier alpha value is -2.14. The fourth-order valence-corrected chi connectivity index (χ4v) is 3.38. The molecule has 2 N–H and O–H groups in total. The van der Waals surface area contributed by atoms with E-state index in [0.29, 0.717) is 32.0 Å². The van der Waals surface area contributed by atoms with Gasteiger partial charge in [0.1, 0.15) is 0 Å². The van der Waals surface area contributed by atoms with Crippen LogP contribution in [-0.2, 0) is 11.2 Å². The Bertz CT molecular complexity index is 827. The first kappa shape index (κ1) is 25.1. The molecular formula is C21H29ClIN7O. The number of carbonyl (C=O) groups is 1. The van der Waals surface area contributed by atoms with Gasteiger partial charge in [0.25, 0.3) is 0 Å². The highest BCUT2D eigenvalue weighted by Gasteiger charge is 2.22. The molecule has 1 aromatic carbocycles. The first-order chi connectivity index (χ1) is 14.7. The maximum atomic E-state index is 12.5. The van der Waals surface area contributed by atoms with E-state index in [9.17, 15) is 4.79 Å². The molecule has 1 aliphatic rings. The lowest BCUT2D eigenvalue weighted by molar-refractivity contribution is -0.131. The molecule has 1 saturated heterocycles. The van der Waals surface area contributed by atoms with E-state index in [2.05, 4.69) is 30.5 Å². The number of guanidine groups is 1. The van der Waals surface area contributed by atoms with E-state index < -0.39 is 0 Å². The molecule has 0 spiro atoms. The average Bonchev–Trinajstić information content (AvgIpc) is 2.80. The lowest BCUT2D eigenvalue weighted by Gasteiger charge is -2.34. The zero-order valence-electron chi connectivity index (χ0n) is 17.6. The molecule has 1 aromatic heterocycles. The molecule has 2 heterocycles. The van der Waals surface area contributed by atoms with Crippen LogP contribution in [0.5, 0.6) is 0 Å². The average molecular weight is 558 g/mol. The van der Waals surface area contributed by atoms with Crippen LogP contribution < -0.4 is 15.5 Å². The van der Waals surface area contributed by atoms with Crippen LogP contribution in [0.4, 0.5) is 5.95 Å². The van der Waals surface area contributed by atoms with Gasteiger partial charge in [0, 0.05) is 70.2 Å². The number of carbonyl (C=O) groups excluding carboxylic acids is 1. The Morgan fingerprint density at radius 3 is 2.35 bits per heavy atom. The van der Waals surface area contributed by atoms with Gasteiger partial charge in [-0.05, 0) is 30.2 Å². The van der Waals surface area contributed by atoms with Crippen LogP contribution in [0.15, 0.2) is 47.7 Å². The van der Waals surface area contributed by atoms with E-state index in [-0.39, 0.29) is 29.9 Å². The smallest absolute Gasteiger partial charge is 0.225 e. The van der Waals surface area contributed by atoms with Crippen LogP contribution >= 0.6 is 35.6 Å². The van der Waals surface area contributed by atoms with Crippen molar-refractivity contribution in [1.82, 2.24) is 25.5 Å². The standard InChI is InChI=1S/C21H28ClN7O.HI/c1-23-20(24-11-7-17-3-5-18(22)6-4-17)25-12-8-19(30)28-13-15-29(16-14-28)21-26-9-2-10-27-21;/h2-6,9-10H,7-8,11-16H2,1H3,(H2,23,24,25);1H. The number of aromatic nitrogens is 2. The van der Waals surface area contributed by atoms with Crippen molar-refractivity contribution in [2.75, 3.05) is 51.2 Å². The van der Waals surface area contributed by atoms with Crippen LogP contribution in [0.2, 0.25) is 5.02 Å². The number of hydrogen-bond donors (Lipinski definition) is 2. The number of aliphatic imine (C=N–C) groups is 1. The van der Waals surface area contributed by atoms with Crippen molar-refractivity contribution in [3.05, 3.63) is 53.3 Å². The Morgan fingerprint density at radius 1 is 1.06 bits per heavy atom. The predicted molar refractivity (Wildman–Crippen MR) is 135 cm³/mol. The third kappa shape index (κ3) is 8.13. The highest BCUT2D eigenvalue weighted by Crippen LogP contribution is 2.11. The number of halogens is 2. The number of anilines is 1. The number of rotatable bonds is 7. The number of nitrogens with one attached hydrogen (secondary N) is 2. The molecule has 1 aliphatic heterocycles. The lowest BCUT2D eigenvalue weighted by Crippen LogP contribution is -2.50. The molecule has 10 heteroatoms. The van der Waals surface area contributed by atoms with Gasteiger partial charge >= 0.3 is 0 Å². The summed E-state index contributed by atoms with van der Waals surface area (Å²) in [5.41, 5.74) is 1.21. The van der Waals surface area contributed by atoms with Crippen molar-refractivity contribution < 1.29 is 4.79 Å². The summed E-state index contributed by atoms with van der Waals surface area (Å²) in [4.78, 5) is 29.3. The third-order valence-electron chi connectivity index (χ3n) is 4.94. The first-order valence-corrected chi connectivity index (χ1v) is 10.5. The number of benzene rings is 1. The van der Waals surface area contributed by atoms with Crippen molar-refractivity contribution in [2.45, 2.75) is 12.8 Å². The quantitative estimate of drug-likeness (QED) is 0.309. The first-order valence-electron chi connectivity index (χ1n) is 10.1. The fourth-order valence-electron chi connectivity index (χ4n) is 3.25. The maximum Gasteiger partial charge on any atom is 0.225 e. The molecule has 0 aliphatic carbocycles. The maximum absolute atomic E-state index is 12.5. The minimum absolute atomic E-state index is 0. The fraction of sp³-hybridized carbons (Fsp3) is 0.429. The van der Waals surface area contributed by atoms with Crippen molar-refractivity contribution in [3.8, 4) is 0 Å². The van der Waals surface area contributed by atoms with Gasteiger partial charge in [-0.2, -0.15) is 0 Å². The summed E-state index contributed by atoms with van der Waals surface area (Å²) in [5, 5.41) is 7.22. The highest BCUT2D eigenvalue weighted by molar-refractivity contribution is 14.0. The summed E-state index contributed by atoms with van der Waals surface area (Å²) < 4.78 is 0. The second kappa shape index (κ2) is 13.3. The molecule has 31 heavy (non-hydrogen) atoms. The topological polar surface area (TPSA) is 85.8 Å². The number of hydrogen-bond acceptors (Lipinski definition) is 5. The van der Waals surface area contributed by atoms with Gasteiger partial charge in [-0.15, -0.1) is 24.0 Å². The summed E-state index contributed by atoms with van der Waals surface area (Å²) in [6.07, 6.45) is 4.77. The van der Waals surface area contributed by atoms with Gasteiger partial charge in [-0.25, -0.2) is 9.97 Å². The Labute approximate surface area is 205 Å². The predicted octanol–water partition coefficient (Wildman–Crippen LogP) is 2.19. The van der Waals surface area contributed by atoms with E-state index in [1.54, 1.807) is 25.5 Å². The molecule has 0 radical (unpaired) electrons. The molecule has 0 unspecified atom stereocenters. The Kier molecular flexibility index (Phi) is 10.8. The molecule has 0 bridgehead atoms. The number of nitrogens with zero attached hydrogens (tertiary/aromatic N) is 5. The SMILES string of the molecule is CN=C(NCCC(=O)N1CCN(c2ncccn2)CC1)NCCc1ccc(Cl)cc1.I. The largest absolute Gasteiger partial charge is 0.356 e. The minimum Gasteiger partial charge on any atom is -0.356 e. The number of amides is 1. The Morgan fingerprint density at radius 2 is 1.71 bits per heavy atom. The van der Waals surface area contributed by atoms with Gasteiger partial charge in [0.15, 0.2) is 5.96 Å². The van der Waals surface area contributed by atoms with Crippen LogP contribution in [0, 0.1) is 0 Å². The molecule has 8 nitrogen and oxygen atoms in total. The van der Waals surface area contributed by atoms with Crippen LogP contribution in [0.25, 0.3) is 0 Å². The third-order valence-corrected chi connectivity index (χ3v) is 5.19. The van der Waals surface area contributed by atoms with E-state index in [0.717, 1.165) is 37.0 Å². The van der Waals surface area contributed by atoms with Crippen LogP contribution in [0.1, 0.15) is 12.0 Å². The van der Waals surface area contributed by atoms with Gasteiger partial charge in [0.05, 0.1) is 0 Å². The lowest BCUT2D eigenvalue weighted by atomic mass is 10.1. The monoisotopic (exact) mass is 557 g/mol. The normalized spacial score (nSPS) is 14.1. The molecule has 1 fully saturated rings. The van der Waals surface area contributed by atoms with Crippen molar-refractivity contribution in [2.24, 2.45) is 4.99 Å². The molecular weight excluding hydrogens is 529 g/mol. The zero-order valence-corrected chi connectivity index (χ0v) is 20.7. The van der Waals surface area contributed by atoms with Crippen molar-refractivity contribution >= 4 is 53.4 Å². The Balaban J connectivity index is 0.00000341. The minimum atomic E-state index is 0. The molecule has 1 amide bonds. The second-order valence-electron chi connectivity index (χ2n) is 6.97. The molecule has 0 atom stereocenters. The summed E-state index contributed by atoms with van der Waals surface area (Å²) in [6, 6.07) is 9.62. The summed E-state index contributed by atoms with van der Waals surface area (Å²) in [5.74, 6) is 1.57. The van der Waals surface area contributed by atoms with E-state index >= 15 is 0 Å². The van der Waals surface area contributed by atoms with Gasteiger partial charge < -0.3 is 20.4 Å². The molecule has 0 saturated carbocycles. The second-order valence-corrected chi connectivity index (χ2v) is 7.41. The van der Waals surface area contributed by atoms with Crippen molar-refractivity contribution in [3.63, 3.8) is 0 Å². The van der Waals surface area contributed by atoms with E-state index in [4.69, 9.17) is 11.6 Å². The van der Waals surface area contributed by atoms with Gasteiger partial charge in [-0.1, -0.05) is 23.7 Å². The van der Waals surface area contributed by atoms with Gasteiger partial charge in [-0.3, -0.25) is 9.79 Å². The van der Waals surface area contributed by atoms with Crippen LogP contribution in [-0.4, -0.2) is 73.1 Å². The van der Waals surface area contributed by atoms with Crippen LogP contribution in [0.3, 0.4) is 0 Å². The summed E-state index contributed by atoms with van der Waals surface area (Å²) in [6.45, 7) is 4.16. The summed E-state index contributed by atoms with van der Waals surface area (Å²) >= 11 is 5.91. The zero-order chi connectivity index (χ0) is 21.2. The molecule has 2 aromatic rings. The molecule has 3 rings (SSSR count). The highest BCUT2D eigenvalue weighted by atomic mass is 127. The number of piperazine rings is 1. The van der Waals surface area contributed by atoms with Crippen molar-refractivity contribution in [1.29, 1.82) is 0 Å². The van der Waals surface area contributed by atoms with E-state index in [1.165, 1.54) is 5.56 Å². The molecule has 168 valence electrons. The van der Waals surface area contributed by atoms with Gasteiger partial charge in [0.2, 0.25) is 11.9 Å².